The Morgan fingerprint density at radius 3 is 2.81 bits per heavy atom. The first kappa shape index (κ1) is 15.1. The van der Waals surface area contributed by atoms with E-state index in [0.29, 0.717) is 10.6 Å². The smallest absolute Gasteiger partial charge is 0.408 e. The Bertz CT molecular complexity index is 887. The van der Waals surface area contributed by atoms with E-state index in [2.05, 4.69) is 38.5 Å². The number of oxazole rings is 1. The molecule has 1 heterocycles. The molecule has 0 fully saturated rings. The van der Waals surface area contributed by atoms with Gasteiger partial charge in [0, 0.05) is 15.6 Å². The fourth-order valence-corrected chi connectivity index (χ4v) is 4.12. The lowest BCUT2D eigenvalue weighted by Crippen LogP contribution is -2.08. The molecule has 2 aromatic carbocycles. The van der Waals surface area contributed by atoms with E-state index >= 15 is 0 Å². The minimum atomic E-state index is -0.356. The van der Waals surface area contributed by atoms with E-state index < -0.39 is 0 Å². The number of halogens is 3. The first-order chi connectivity index (χ1) is 9.97. The Hall–Kier alpha value is -0.790. The van der Waals surface area contributed by atoms with Crippen LogP contribution in [-0.2, 0) is 7.05 Å². The normalized spacial score (nSPS) is 12.8. The van der Waals surface area contributed by atoms with Crippen molar-refractivity contribution in [2.24, 2.45) is 7.05 Å². The average molecular weight is 479 g/mol. The zero-order valence-corrected chi connectivity index (χ0v) is 15.4. The number of benzene rings is 2. The van der Waals surface area contributed by atoms with Crippen molar-refractivity contribution >= 4 is 61.2 Å². The molecule has 0 bridgehead atoms. The topological polar surface area (TPSA) is 35.1 Å². The van der Waals surface area contributed by atoms with Gasteiger partial charge >= 0.3 is 5.76 Å². The highest BCUT2D eigenvalue weighted by Gasteiger charge is 2.16. The van der Waals surface area contributed by atoms with Crippen LogP contribution in [0.15, 0.2) is 45.6 Å². The quantitative estimate of drug-likeness (QED) is 0.389. The lowest BCUT2D eigenvalue weighted by atomic mass is 10.0. The lowest BCUT2D eigenvalue weighted by Gasteiger charge is -2.13. The Labute approximate surface area is 148 Å². The maximum absolute atomic E-state index is 11.6. The molecule has 0 amide bonds. The average Bonchev–Trinajstić information content (AvgIpc) is 2.75. The minimum Gasteiger partial charge on any atom is -0.408 e. The third kappa shape index (κ3) is 2.78. The molecule has 1 unspecified atom stereocenters. The standard InChI is InChI=1S/C15H10BrClINO2/c1-19-12-5-2-8(6-13(12)21-15(19)20)14(16)10-7-9(17)3-4-11(10)18/h2-7,14H,1H3. The van der Waals surface area contributed by atoms with E-state index in [9.17, 15) is 4.79 Å². The van der Waals surface area contributed by atoms with Crippen molar-refractivity contribution in [3.63, 3.8) is 0 Å². The van der Waals surface area contributed by atoms with Crippen LogP contribution in [0.4, 0.5) is 0 Å². The van der Waals surface area contributed by atoms with Crippen LogP contribution in [0.3, 0.4) is 0 Å². The zero-order chi connectivity index (χ0) is 15.1. The van der Waals surface area contributed by atoms with E-state index in [1.54, 1.807) is 7.05 Å². The molecule has 3 aromatic rings. The highest BCUT2D eigenvalue weighted by Crippen LogP contribution is 2.36. The van der Waals surface area contributed by atoms with Crippen LogP contribution in [0.25, 0.3) is 11.1 Å². The Balaban J connectivity index is 2.11. The van der Waals surface area contributed by atoms with Crippen LogP contribution >= 0.6 is 50.1 Å². The van der Waals surface area contributed by atoms with Crippen LogP contribution in [0.5, 0.6) is 0 Å². The molecule has 0 aliphatic carbocycles. The van der Waals surface area contributed by atoms with E-state index in [1.165, 1.54) is 4.57 Å². The second-order valence-electron chi connectivity index (χ2n) is 4.68. The molecule has 0 aliphatic heterocycles. The summed E-state index contributed by atoms with van der Waals surface area (Å²) in [6.45, 7) is 0. The molecule has 3 nitrogen and oxygen atoms in total. The van der Waals surface area contributed by atoms with Gasteiger partial charge in [-0.2, -0.15) is 0 Å². The van der Waals surface area contributed by atoms with Gasteiger partial charge in [0.05, 0.1) is 10.3 Å². The number of aryl methyl sites for hydroxylation is 1. The van der Waals surface area contributed by atoms with Crippen molar-refractivity contribution in [2.75, 3.05) is 0 Å². The highest BCUT2D eigenvalue weighted by atomic mass is 127. The number of hydrogen-bond acceptors (Lipinski definition) is 2. The third-order valence-corrected chi connectivity index (χ3v) is 5.58. The van der Waals surface area contributed by atoms with Crippen LogP contribution in [0.1, 0.15) is 16.0 Å². The Kier molecular flexibility index (Phi) is 4.16. The summed E-state index contributed by atoms with van der Waals surface area (Å²) in [4.78, 5) is 11.5. The van der Waals surface area contributed by atoms with Gasteiger partial charge < -0.3 is 4.42 Å². The SMILES string of the molecule is Cn1c(=O)oc2cc(C(Br)c3cc(Cl)ccc3I)ccc21. The molecule has 0 saturated heterocycles. The summed E-state index contributed by atoms with van der Waals surface area (Å²) in [6.07, 6.45) is 0. The summed E-state index contributed by atoms with van der Waals surface area (Å²) >= 11 is 12.1. The summed E-state index contributed by atoms with van der Waals surface area (Å²) in [5.41, 5.74) is 3.46. The summed E-state index contributed by atoms with van der Waals surface area (Å²) in [5.74, 6) is -0.356. The number of rotatable bonds is 2. The molecular formula is C15H10BrClINO2. The molecule has 1 atom stereocenters. The Morgan fingerprint density at radius 1 is 1.29 bits per heavy atom. The molecule has 0 saturated carbocycles. The van der Waals surface area contributed by atoms with Crippen LogP contribution in [0.2, 0.25) is 5.02 Å². The number of hydrogen-bond donors (Lipinski definition) is 0. The van der Waals surface area contributed by atoms with Crippen LogP contribution in [0, 0.1) is 3.57 Å². The largest absolute Gasteiger partial charge is 0.419 e. The summed E-state index contributed by atoms with van der Waals surface area (Å²) < 4.78 is 7.85. The van der Waals surface area contributed by atoms with Crippen molar-refractivity contribution < 1.29 is 4.42 Å². The second kappa shape index (κ2) is 5.78. The van der Waals surface area contributed by atoms with Gasteiger partial charge in [-0.25, -0.2) is 4.79 Å². The van der Waals surface area contributed by atoms with E-state index in [4.69, 9.17) is 16.0 Å². The Morgan fingerprint density at radius 2 is 2.05 bits per heavy atom. The molecule has 0 aliphatic rings. The predicted molar refractivity (Wildman–Crippen MR) is 96.4 cm³/mol. The molecule has 0 radical (unpaired) electrons. The molecule has 0 spiro atoms. The molecule has 108 valence electrons. The van der Waals surface area contributed by atoms with Crippen molar-refractivity contribution in [1.29, 1.82) is 0 Å². The molecule has 3 rings (SSSR count). The fourth-order valence-electron chi connectivity index (χ4n) is 2.20. The van der Waals surface area contributed by atoms with Gasteiger partial charge in [0.25, 0.3) is 0 Å². The van der Waals surface area contributed by atoms with Gasteiger partial charge in [-0.3, -0.25) is 4.57 Å². The van der Waals surface area contributed by atoms with Crippen LogP contribution in [-0.4, -0.2) is 4.57 Å². The van der Waals surface area contributed by atoms with Gasteiger partial charge in [-0.1, -0.05) is 33.6 Å². The van der Waals surface area contributed by atoms with E-state index in [0.717, 1.165) is 20.2 Å². The van der Waals surface area contributed by atoms with Gasteiger partial charge in [0.15, 0.2) is 5.58 Å². The van der Waals surface area contributed by atoms with Crippen LogP contribution < -0.4 is 5.76 Å². The van der Waals surface area contributed by atoms with Crippen molar-refractivity contribution in [3.8, 4) is 0 Å². The third-order valence-electron chi connectivity index (χ3n) is 3.34. The van der Waals surface area contributed by atoms with Gasteiger partial charge in [0.2, 0.25) is 0 Å². The predicted octanol–water partition coefficient (Wildman–Crippen LogP) is 4.87. The maximum atomic E-state index is 11.6. The molecule has 6 heteroatoms. The van der Waals surface area contributed by atoms with Gasteiger partial charge in [-0.15, -0.1) is 0 Å². The summed E-state index contributed by atoms with van der Waals surface area (Å²) in [7, 11) is 1.69. The fraction of sp³-hybridized carbons (Fsp3) is 0.133. The van der Waals surface area contributed by atoms with E-state index in [-0.39, 0.29) is 10.6 Å². The van der Waals surface area contributed by atoms with Crippen molar-refractivity contribution in [1.82, 2.24) is 4.57 Å². The molecule has 0 N–H and O–H groups in total. The van der Waals surface area contributed by atoms with Gasteiger partial charge in [-0.05, 0) is 64.0 Å². The zero-order valence-electron chi connectivity index (χ0n) is 10.9. The van der Waals surface area contributed by atoms with E-state index in [1.807, 2.05) is 36.4 Å². The number of fused-ring (bicyclic) bond motifs is 1. The second-order valence-corrected chi connectivity index (χ2v) is 7.20. The highest BCUT2D eigenvalue weighted by molar-refractivity contribution is 14.1. The number of aromatic nitrogens is 1. The molecule has 1 aromatic heterocycles. The first-order valence-electron chi connectivity index (χ1n) is 6.16. The monoisotopic (exact) mass is 477 g/mol. The molecule has 21 heavy (non-hydrogen) atoms. The minimum absolute atomic E-state index is 0.0157. The van der Waals surface area contributed by atoms with Crippen molar-refractivity contribution in [2.45, 2.75) is 4.83 Å². The van der Waals surface area contributed by atoms with Gasteiger partial charge in [0.1, 0.15) is 0 Å². The van der Waals surface area contributed by atoms with Crippen molar-refractivity contribution in [3.05, 3.63) is 66.7 Å². The first-order valence-corrected chi connectivity index (χ1v) is 8.53. The maximum Gasteiger partial charge on any atom is 0.419 e. The number of nitrogens with zero attached hydrogens (tertiary/aromatic N) is 1. The summed E-state index contributed by atoms with van der Waals surface area (Å²) in [5, 5.41) is 0.696. The molecular weight excluding hydrogens is 468 g/mol. The number of alkyl halides is 1. The summed E-state index contributed by atoms with van der Waals surface area (Å²) in [6, 6.07) is 11.5. The lowest BCUT2D eigenvalue weighted by molar-refractivity contribution is 0.528.